The third-order valence-corrected chi connectivity index (χ3v) is 4.20. The molecule has 1 aliphatic carbocycles. The Balaban J connectivity index is 2.01. The molecule has 0 aromatic carbocycles. The number of carbonyl (C=O) groups excluding carboxylic acids is 3. The average molecular weight is 268 g/mol. The molecule has 1 aliphatic heterocycles. The molecule has 0 aromatic rings. The molecule has 0 bridgehead atoms. The smallest absolute Gasteiger partial charge is 0.321 e. The highest BCUT2D eigenvalue weighted by atomic mass is 16.5. The van der Waals surface area contributed by atoms with Gasteiger partial charge in [0.2, 0.25) is 11.8 Å². The van der Waals surface area contributed by atoms with Crippen LogP contribution >= 0.6 is 0 Å². The number of nitrogens with zero attached hydrogens (tertiary/aromatic N) is 2. The van der Waals surface area contributed by atoms with Crippen molar-refractivity contribution < 1.29 is 19.1 Å². The number of esters is 1. The summed E-state index contributed by atoms with van der Waals surface area (Å²) in [6.45, 7) is 3.60. The van der Waals surface area contributed by atoms with Gasteiger partial charge in [-0.15, -0.1) is 0 Å². The average Bonchev–Trinajstić information content (AvgIpc) is 2.37. The molecule has 6 heteroatoms. The number of hydrogen-bond acceptors (Lipinski definition) is 4. The summed E-state index contributed by atoms with van der Waals surface area (Å²) in [7, 11) is 1.32. The predicted molar refractivity (Wildman–Crippen MR) is 67.1 cm³/mol. The molecule has 106 valence electrons. The van der Waals surface area contributed by atoms with Gasteiger partial charge in [0.15, 0.2) is 0 Å². The standard InChI is InChI=1S/C13H20N2O4/c1-10(16)14-6-8-15(9-7-14)11(17)13(4-3-5-13)12(18)19-2/h3-9H2,1-2H3. The predicted octanol–water partition coefficient (Wildman–Crippen LogP) is 0.0204. The van der Waals surface area contributed by atoms with Crippen molar-refractivity contribution in [1.82, 2.24) is 9.80 Å². The number of ether oxygens (including phenoxy) is 1. The van der Waals surface area contributed by atoms with Gasteiger partial charge in [0.1, 0.15) is 5.41 Å². The quantitative estimate of drug-likeness (QED) is 0.523. The summed E-state index contributed by atoms with van der Waals surface area (Å²) < 4.78 is 4.78. The SMILES string of the molecule is COC(=O)C1(C(=O)N2CCN(C(C)=O)CC2)CCC1. The van der Waals surface area contributed by atoms with Crippen LogP contribution in [-0.2, 0) is 19.1 Å². The van der Waals surface area contributed by atoms with Gasteiger partial charge in [-0.1, -0.05) is 6.42 Å². The molecule has 1 saturated heterocycles. The Labute approximate surface area is 112 Å². The van der Waals surface area contributed by atoms with Crippen molar-refractivity contribution in [3.8, 4) is 0 Å². The Kier molecular flexibility index (Phi) is 3.78. The highest BCUT2D eigenvalue weighted by Gasteiger charge is 2.53. The number of rotatable bonds is 2. The normalized spacial score (nSPS) is 21.6. The summed E-state index contributed by atoms with van der Waals surface area (Å²) in [6, 6.07) is 0. The molecule has 0 N–H and O–H groups in total. The minimum atomic E-state index is -0.951. The number of hydrogen-bond donors (Lipinski definition) is 0. The lowest BCUT2D eigenvalue weighted by molar-refractivity contribution is -0.171. The molecule has 1 saturated carbocycles. The molecule has 1 heterocycles. The maximum Gasteiger partial charge on any atom is 0.321 e. The van der Waals surface area contributed by atoms with Crippen molar-refractivity contribution in [2.45, 2.75) is 26.2 Å². The van der Waals surface area contributed by atoms with Crippen molar-refractivity contribution in [3.63, 3.8) is 0 Å². The van der Waals surface area contributed by atoms with Crippen LogP contribution in [0.3, 0.4) is 0 Å². The van der Waals surface area contributed by atoms with E-state index in [4.69, 9.17) is 4.74 Å². The van der Waals surface area contributed by atoms with Crippen molar-refractivity contribution in [2.75, 3.05) is 33.3 Å². The van der Waals surface area contributed by atoms with E-state index in [1.54, 1.807) is 9.80 Å². The van der Waals surface area contributed by atoms with E-state index < -0.39 is 11.4 Å². The summed E-state index contributed by atoms with van der Waals surface area (Å²) in [5, 5.41) is 0. The van der Waals surface area contributed by atoms with Crippen LogP contribution < -0.4 is 0 Å². The highest BCUT2D eigenvalue weighted by Crippen LogP contribution is 2.43. The van der Waals surface area contributed by atoms with Crippen LogP contribution in [0.5, 0.6) is 0 Å². The molecular weight excluding hydrogens is 248 g/mol. The fourth-order valence-electron chi connectivity index (χ4n) is 2.76. The fourth-order valence-corrected chi connectivity index (χ4v) is 2.76. The van der Waals surface area contributed by atoms with Crippen molar-refractivity contribution in [2.24, 2.45) is 5.41 Å². The fraction of sp³-hybridized carbons (Fsp3) is 0.769. The summed E-state index contributed by atoms with van der Waals surface area (Å²) in [5.41, 5.74) is -0.951. The van der Waals surface area contributed by atoms with Crippen LogP contribution in [0, 0.1) is 5.41 Å². The lowest BCUT2D eigenvalue weighted by Gasteiger charge is -2.43. The molecule has 2 fully saturated rings. The zero-order chi connectivity index (χ0) is 14.0. The zero-order valence-electron chi connectivity index (χ0n) is 11.5. The van der Waals surface area contributed by atoms with E-state index in [2.05, 4.69) is 0 Å². The van der Waals surface area contributed by atoms with Gasteiger partial charge < -0.3 is 14.5 Å². The van der Waals surface area contributed by atoms with Gasteiger partial charge in [-0.25, -0.2) is 0 Å². The second kappa shape index (κ2) is 5.19. The monoisotopic (exact) mass is 268 g/mol. The van der Waals surface area contributed by atoms with E-state index in [-0.39, 0.29) is 11.8 Å². The number of methoxy groups -OCH3 is 1. The second-order valence-corrected chi connectivity index (χ2v) is 5.23. The molecule has 2 rings (SSSR count). The summed E-state index contributed by atoms with van der Waals surface area (Å²) in [5.74, 6) is -0.523. The second-order valence-electron chi connectivity index (χ2n) is 5.23. The Hall–Kier alpha value is -1.59. The van der Waals surface area contributed by atoms with Crippen LogP contribution in [0.15, 0.2) is 0 Å². The lowest BCUT2D eigenvalue weighted by Crippen LogP contribution is -2.58. The van der Waals surface area contributed by atoms with Gasteiger partial charge in [0, 0.05) is 33.1 Å². The lowest BCUT2D eigenvalue weighted by atomic mass is 9.67. The Morgan fingerprint density at radius 2 is 1.53 bits per heavy atom. The van der Waals surface area contributed by atoms with E-state index in [0.717, 1.165) is 6.42 Å². The first-order valence-corrected chi connectivity index (χ1v) is 6.64. The third kappa shape index (κ3) is 2.31. The van der Waals surface area contributed by atoms with Crippen LogP contribution in [0.25, 0.3) is 0 Å². The zero-order valence-corrected chi connectivity index (χ0v) is 11.5. The van der Waals surface area contributed by atoms with Crippen molar-refractivity contribution in [1.29, 1.82) is 0 Å². The maximum atomic E-state index is 12.5. The molecule has 2 amide bonds. The molecule has 0 atom stereocenters. The minimum Gasteiger partial charge on any atom is -0.468 e. The van der Waals surface area contributed by atoms with Gasteiger partial charge in [-0.2, -0.15) is 0 Å². The first kappa shape index (κ1) is 13.8. The van der Waals surface area contributed by atoms with E-state index >= 15 is 0 Å². The van der Waals surface area contributed by atoms with Crippen molar-refractivity contribution in [3.05, 3.63) is 0 Å². The molecule has 0 spiro atoms. The Morgan fingerprint density at radius 1 is 1.00 bits per heavy atom. The third-order valence-electron chi connectivity index (χ3n) is 4.20. The largest absolute Gasteiger partial charge is 0.468 e. The van der Waals surface area contributed by atoms with Gasteiger partial charge >= 0.3 is 5.97 Å². The van der Waals surface area contributed by atoms with Gasteiger partial charge in [0.05, 0.1) is 7.11 Å². The molecule has 6 nitrogen and oxygen atoms in total. The first-order chi connectivity index (χ1) is 9.01. The number of carbonyl (C=O) groups is 3. The van der Waals surface area contributed by atoms with E-state index in [0.29, 0.717) is 39.0 Å². The van der Waals surface area contributed by atoms with Crippen LogP contribution in [-0.4, -0.2) is 60.9 Å². The van der Waals surface area contributed by atoms with Crippen LogP contribution in [0.4, 0.5) is 0 Å². The molecule has 0 unspecified atom stereocenters. The van der Waals surface area contributed by atoms with Gasteiger partial charge in [-0.3, -0.25) is 14.4 Å². The summed E-state index contributed by atoms with van der Waals surface area (Å²) in [4.78, 5) is 39.0. The topological polar surface area (TPSA) is 66.9 Å². The number of piperazine rings is 1. The van der Waals surface area contributed by atoms with E-state index in [9.17, 15) is 14.4 Å². The van der Waals surface area contributed by atoms with Gasteiger partial charge in [-0.05, 0) is 12.8 Å². The first-order valence-electron chi connectivity index (χ1n) is 6.64. The summed E-state index contributed by atoms with van der Waals surface area (Å²) >= 11 is 0. The Morgan fingerprint density at radius 3 is 1.89 bits per heavy atom. The number of amides is 2. The molecule has 2 aliphatic rings. The van der Waals surface area contributed by atoms with Crippen LogP contribution in [0.2, 0.25) is 0 Å². The van der Waals surface area contributed by atoms with Crippen LogP contribution in [0.1, 0.15) is 26.2 Å². The van der Waals surface area contributed by atoms with Crippen molar-refractivity contribution >= 4 is 17.8 Å². The Bertz CT molecular complexity index is 395. The molecule has 19 heavy (non-hydrogen) atoms. The highest BCUT2D eigenvalue weighted by molar-refractivity contribution is 6.03. The molecular formula is C13H20N2O4. The minimum absolute atomic E-state index is 0.0263. The van der Waals surface area contributed by atoms with E-state index in [1.165, 1.54) is 14.0 Å². The van der Waals surface area contributed by atoms with Gasteiger partial charge in [0.25, 0.3) is 0 Å². The maximum absolute atomic E-state index is 12.5. The van der Waals surface area contributed by atoms with E-state index in [1.807, 2.05) is 0 Å². The summed E-state index contributed by atoms with van der Waals surface area (Å²) in [6.07, 6.45) is 2.03. The molecule has 0 radical (unpaired) electrons. The molecule has 0 aromatic heterocycles.